The molecule has 1 unspecified atom stereocenters. The zero-order valence-corrected chi connectivity index (χ0v) is 38.0. The summed E-state index contributed by atoms with van der Waals surface area (Å²) in [5, 5.41) is 13.0. The van der Waals surface area contributed by atoms with Crippen LogP contribution in [0.15, 0.2) is 22.3 Å². The highest BCUT2D eigenvalue weighted by atomic mass is 31.2. The fraction of sp³-hybridized carbons (Fsp3) is 0.857. The molecule has 7 aliphatic heterocycles. The van der Waals surface area contributed by atoms with Gasteiger partial charge in [-0.15, -0.1) is 0 Å². The number of fused-ring (bicyclic) bond motifs is 6. The van der Waals surface area contributed by atoms with Crippen molar-refractivity contribution in [3.8, 4) is 0 Å². The summed E-state index contributed by atoms with van der Waals surface area (Å²) in [5.74, 6) is -1.77. The molecule has 0 aromatic carbocycles. The monoisotopic (exact) mass is 940 g/mol. The Bertz CT molecular complexity index is 2370. The second kappa shape index (κ2) is 12.4. The summed E-state index contributed by atoms with van der Waals surface area (Å²) in [6.45, 7) is 10.2. The Morgan fingerprint density at radius 1 is 0.688 bits per heavy atom. The number of phosphoric acid groups is 2. The highest BCUT2D eigenvalue weighted by Gasteiger charge is 3.01. The van der Waals surface area contributed by atoms with Crippen LogP contribution >= 0.6 is 15.6 Å². The molecular weight excluding hydrogens is 886 g/mol. The number of hydrogen-bond donors (Lipinski definition) is 4. The fourth-order valence-electron chi connectivity index (χ4n) is 16.1. The Labute approximate surface area is 367 Å². The molecular formula is C42H54O20P2. The molecule has 0 bridgehead atoms. The van der Waals surface area contributed by atoms with Gasteiger partial charge in [0.15, 0.2) is 24.8 Å². The van der Waals surface area contributed by atoms with E-state index < -0.39 is 110 Å². The van der Waals surface area contributed by atoms with E-state index in [1.54, 1.807) is 13.8 Å². The van der Waals surface area contributed by atoms with Crippen LogP contribution in [0.25, 0.3) is 0 Å². The van der Waals surface area contributed by atoms with Crippen molar-refractivity contribution in [3.63, 3.8) is 0 Å². The van der Waals surface area contributed by atoms with Crippen LogP contribution in [0, 0.1) is 34.5 Å². The molecule has 0 aromatic rings. The molecule has 5 saturated heterocycles. The average molecular weight is 941 g/mol. The van der Waals surface area contributed by atoms with E-state index in [0.29, 0.717) is 44.1 Å². The van der Waals surface area contributed by atoms with Gasteiger partial charge in [0, 0.05) is 22.0 Å². The van der Waals surface area contributed by atoms with Gasteiger partial charge in [0.1, 0.15) is 72.2 Å². The third-order valence-electron chi connectivity index (χ3n) is 19.1. The van der Waals surface area contributed by atoms with Gasteiger partial charge in [-0.25, -0.2) is 18.7 Å². The molecule has 352 valence electrons. The van der Waals surface area contributed by atoms with E-state index >= 15 is 0 Å². The molecule has 19 atom stereocenters. The Kier molecular flexibility index (Phi) is 8.20. The lowest BCUT2D eigenvalue weighted by atomic mass is 9.45. The van der Waals surface area contributed by atoms with E-state index in [-0.39, 0.29) is 61.2 Å². The number of esters is 2. The summed E-state index contributed by atoms with van der Waals surface area (Å²) in [5.41, 5.74) is -5.54. The lowest BCUT2D eigenvalue weighted by Gasteiger charge is -2.58. The molecule has 22 heteroatoms. The van der Waals surface area contributed by atoms with Crippen molar-refractivity contribution in [2.45, 2.75) is 163 Å². The summed E-state index contributed by atoms with van der Waals surface area (Å²) in [7, 11) is -10.2. The zero-order valence-electron chi connectivity index (χ0n) is 36.2. The minimum absolute atomic E-state index is 0.0144. The lowest BCUT2D eigenvalue weighted by molar-refractivity contribution is -0.250. The first-order valence-corrected chi connectivity index (χ1v) is 25.6. The number of ether oxygens (including phenoxy) is 9. The lowest BCUT2D eigenvalue weighted by Crippen LogP contribution is -2.76. The number of epoxide rings is 5. The summed E-state index contributed by atoms with van der Waals surface area (Å²) in [6.07, 6.45) is -3.38. The molecule has 4 N–H and O–H groups in total. The maximum atomic E-state index is 14.4. The molecule has 4 saturated carbocycles. The first-order valence-electron chi connectivity index (χ1n) is 22.5. The van der Waals surface area contributed by atoms with Crippen molar-refractivity contribution in [2.75, 3.05) is 26.8 Å². The first kappa shape index (κ1) is 42.4. The molecule has 0 radical (unpaired) electrons. The van der Waals surface area contributed by atoms with Crippen LogP contribution in [0.5, 0.6) is 0 Å². The Balaban J connectivity index is 0.807. The minimum atomic E-state index is -5.20. The van der Waals surface area contributed by atoms with Crippen LogP contribution in [0.4, 0.5) is 0 Å². The molecule has 6 aliphatic carbocycles. The SMILES string of the molecule is CC(C)[C@]1(O)[C@H](OP(=O)(O)OCO[C@@H]2[C@@]3(C(C)C)O[C@H]3[C@H]3O[C@]34[C@]23O[C@H]3C[C@H]2C3=C(CC[C@@]24C)C(=O)OC3)[C@H]2O[C@]23[C@]2(O[C@H]2C[C@H]2C4=C(CC[C@@]23C)C(=O)OC4)[C@@H]1OCOP(=O)(O)O. The molecule has 13 rings (SSSR count). The van der Waals surface area contributed by atoms with Crippen molar-refractivity contribution in [1.82, 2.24) is 0 Å². The highest BCUT2D eigenvalue weighted by molar-refractivity contribution is 7.47. The smallest absolute Gasteiger partial charge is 0.458 e. The molecule has 64 heavy (non-hydrogen) atoms. The maximum absolute atomic E-state index is 14.4. The largest absolute Gasteiger partial charge is 0.474 e. The number of aliphatic hydroxyl groups is 1. The van der Waals surface area contributed by atoms with Crippen LogP contribution < -0.4 is 0 Å². The van der Waals surface area contributed by atoms with Crippen LogP contribution in [0.1, 0.15) is 80.1 Å². The van der Waals surface area contributed by atoms with Crippen LogP contribution in [-0.4, -0.2) is 141 Å². The number of carbonyl (C=O) groups is 2. The molecule has 9 fully saturated rings. The molecule has 4 spiro atoms. The third-order valence-corrected chi connectivity index (χ3v) is 20.4. The van der Waals surface area contributed by atoms with Crippen molar-refractivity contribution in [3.05, 3.63) is 22.3 Å². The van der Waals surface area contributed by atoms with Crippen LogP contribution in [0.3, 0.4) is 0 Å². The van der Waals surface area contributed by atoms with Crippen LogP contribution in [-0.2, 0) is 74.9 Å². The van der Waals surface area contributed by atoms with E-state index in [1.807, 2.05) is 20.8 Å². The quantitative estimate of drug-likeness (QED) is 0.0946. The Hall–Kier alpha value is -1.68. The van der Waals surface area contributed by atoms with Crippen molar-refractivity contribution in [1.29, 1.82) is 0 Å². The van der Waals surface area contributed by atoms with Gasteiger partial charge >= 0.3 is 27.6 Å². The van der Waals surface area contributed by atoms with Gasteiger partial charge in [0.05, 0.1) is 12.2 Å². The van der Waals surface area contributed by atoms with E-state index in [4.69, 9.17) is 56.2 Å². The number of carbonyl (C=O) groups excluding carboxylic acids is 2. The normalized spacial score (nSPS) is 54.6. The first-order chi connectivity index (χ1) is 30.1. The predicted octanol–water partition coefficient (Wildman–Crippen LogP) is 2.39. The second-order valence-corrected chi connectivity index (χ2v) is 24.2. The summed E-state index contributed by atoms with van der Waals surface area (Å²) in [6, 6.07) is 0. The Morgan fingerprint density at radius 3 is 1.75 bits per heavy atom. The molecule has 7 heterocycles. The van der Waals surface area contributed by atoms with Crippen molar-refractivity contribution >= 4 is 27.6 Å². The van der Waals surface area contributed by atoms with Gasteiger partial charge in [-0.2, -0.15) is 0 Å². The van der Waals surface area contributed by atoms with Gasteiger partial charge in [0.2, 0.25) is 0 Å². The molecule has 20 nitrogen and oxygen atoms in total. The van der Waals surface area contributed by atoms with Gasteiger partial charge in [-0.05, 0) is 73.3 Å². The van der Waals surface area contributed by atoms with E-state index in [9.17, 15) is 38.5 Å². The molecule has 13 aliphatic rings. The van der Waals surface area contributed by atoms with Gasteiger partial charge in [-0.3, -0.25) is 13.6 Å². The van der Waals surface area contributed by atoms with E-state index in [0.717, 1.165) is 16.7 Å². The number of cyclic esters (lactones) is 2. The number of hydrogen-bond acceptors (Lipinski definition) is 17. The van der Waals surface area contributed by atoms with Crippen LogP contribution in [0.2, 0.25) is 0 Å². The number of rotatable bonds is 12. The minimum Gasteiger partial charge on any atom is -0.458 e. The summed E-state index contributed by atoms with van der Waals surface area (Å²) >= 11 is 0. The summed E-state index contributed by atoms with van der Waals surface area (Å²) in [4.78, 5) is 56.3. The highest BCUT2D eigenvalue weighted by Crippen LogP contribution is 2.84. The van der Waals surface area contributed by atoms with Gasteiger partial charge in [0.25, 0.3) is 0 Å². The van der Waals surface area contributed by atoms with Gasteiger partial charge in [-0.1, -0.05) is 41.5 Å². The standard InChI is InChI=1S/C42H54O20P2/c1-17(2)37(45)27(29-41(60-29)35(5)9-7-19-21(13-51-31(19)43)23(35)11-25-39(41,57-25)33(37)53-15-55-63(46,47)48)62-64(49,50)56-16-54-34-38(18(3)4)28(59-38)30-42(61-30)36(6)10-8-20-22(14-52-32(20)44)24(36)12-26-40(34,42)58-26/h17-18,23-30,33-34,45H,7-16H2,1-6H3,(H,49,50)(H2,46,47,48)/t23-,24-,25-,26-,27+,28-,29+,30+,33+,34+,35-,36-,37-,38-,39+,40+,41+,42+/m0/s1. The summed E-state index contributed by atoms with van der Waals surface area (Å²) < 4.78 is 100. The fourth-order valence-corrected chi connectivity index (χ4v) is 17.1. The maximum Gasteiger partial charge on any atom is 0.474 e. The van der Waals surface area contributed by atoms with E-state index in [1.165, 1.54) is 0 Å². The molecule has 0 amide bonds. The second-order valence-electron chi connectivity index (χ2n) is 21.6. The topological polar surface area (TPSA) is 276 Å². The molecule has 0 aromatic heterocycles. The zero-order chi connectivity index (χ0) is 44.9. The van der Waals surface area contributed by atoms with Crippen molar-refractivity contribution in [2.24, 2.45) is 34.5 Å². The average Bonchev–Trinajstić information content (AvgIpc) is 4.01. The van der Waals surface area contributed by atoms with Crippen molar-refractivity contribution < 1.29 is 94.7 Å². The number of phosphoric ester groups is 2. The third kappa shape index (κ3) is 4.62. The predicted molar refractivity (Wildman–Crippen MR) is 208 cm³/mol. The Morgan fingerprint density at radius 2 is 1.20 bits per heavy atom. The van der Waals surface area contributed by atoms with E-state index in [2.05, 4.69) is 6.92 Å². The van der Waals surface area contributed by atoms with Gasteiger partial charge < -0.3 is 62.4 Å².